The molecule has 0 unspecified atom stereocenters. The molecule has 10 heteroatoms. The molecule has 0 aliphatic heterocycles. The Morgan fingerprint density at radius 3 is 2.88 bits per heavy atom. The third kappa shape index (κ3) is 4.01. The number of hydrogen-bond donors (Lipinski definition) is 5. The lowest BCUT2D eigenvalue weighted by Crippen LogP contribution is -2.26. The minimum absolute atomic E-state index is 0.0649. The lowest BCUT2D eigenvalue weighted by atomic mass is 10.6. The lowest BCUT2D eigenvalue weighted by Gasteiger charge is -2.01. The second-order valence-corrected chi connectivity index (χ2v) is 4.79. The molecular formula is C7H14N6O3S. The molecule has 96 valence electrons. The summed E-state index contributed by atoms with van der Waals surface area (Å²) in [6.45, 7) is -0.281. The molecule has 0 saturated heterocycles. The van der Waals surface area contributed by atoms with E-state index >= 15 is 0 Å². The Balaban J connectivity index is 2.77. The molecule has 1 aromatic rings. The molecule has 0 bridgehead atoms. The highest BCUT2D eigenvalue weighted by molar-refractivity contribution is 7.89. The van der Waals surface area contributed by atoms with Gasteiger partial charge in [-0.15, -0.1) is 0 Å². The Hall–Kier alpha value is -1.65. The van der Waals surface area contributed by atoms with Crippen molar-refractivity contribution in [2.75, 3.05) is 13.2 Å². The van der Waals surface area contributed by atoms with Crippen LogP contribution in [0.4, 0.5) is 0 Å². The Morgan fingerprint density at radius 2 is 2.29 bits per heavy atom. The van der Waals surface area contributed by atoms with Crippen molar-refractivity contribution in [3.05, 3.63) is 12.0 Å². The standard InChI is InChI=1S/C7H14N6O3S/c8-7(9)11-3-5-10-4-6(13-5)17(15,16)12-1-2-14/h4,12,14H,1-3H2,(H,10,13)(H4,8,9,11). The third-order valence-corrected chi connectivity index (χ3v) is 3.08. The second-order valence-electron chi connectivity index (χ2n) is 3.06. The van der Waals surface area contributed by atoms with Gasteiger partial charge in [-0.05, 0) is 0 Å². The van der Waals surface area contributed by atoms with Crippen molar-refractivity contribution in [2.45, 2.75) is 11.6 Å². The maximum absolute atomic E-state index is 11.6. The van der Waals surface area contributed by atoms with Gasteiger partial charge in [-0.3, -0.25) is 0 Å². The molecule has 1 heterocycles. The van der Waals surface area contributed by atoms with Crippen LogP contribution >= 0.6 is 0 Å². The fourth-order valence-electron chi connectivity index (χ4n) is 0.984. The van der Waals surface area contributed by atoms with E-state index in [9.17, 15) is 8.42 Å². The quantitative estimate of drug-likeness (QED) is 0.280. The average molecular weight is 262 g/mol. The normalized spacial score (nSPS) is 11.4. The molecular weight excluding hydrogens is 248 g/mol. The Labute approximate surface area is 98.0 Å². The van der Waals surface area contributed by atoms with E-state index in [4.69, 9.17) is 16.6 Å². The number of aliphatic hydroxyl groups is 1. The van der Waals surface area contributed by atoms with Crippen molar-refractivity contribution < 1.29 is 13.5 Å². The number of imidazole rings is 1. The zero-order chi connectivity index (χ0) is 12.9. The van der Waals surface area contributed by atoms with Crippen LogP contribution < -0.4 is 16.2 Å². The Bertz CT molecular complexity index is 489. The molecule has 1 rings (SSSR count). The number of hydrogen-bond acceptors (Lipinski definition) is 5. The predicted molar refractivity (Wildman–Crippen MR) is 60.4 cm³/mol. The smallest absolute Gasteiger partial charge is 0.257 e. The summed E-state index contributed by atoms with van der Waals surface area (Å²) in [4.78, 5) is 10.0. The minimum Gasteiger partial charge on any atom is -0.395 e. The monoisotopic (exact) mass is 262 g/mol. The van der Waals surface area contributed by atoms with Gasteiger partial charge in [-0.2, -0.15) is 0 Å². The molecule has 1 aromatic heterocycles. The first kappa shape index (κ1) is 13.4. The summed E-state index contributed by atoms with van der Waals surface area (Å²) in [5.41, 5.74) is 10.3. The van der Waals surface area contributed by atoms with Crippen molar-refractivity contribution in [3.8, 4) is 0 Å². The molecule has 7 N–H and O–H groups in total. The van der Waals surface area contributed by atoms with Crippen LogP contribution in [0.2, 0.25) is 0 Å². The van der Waals surface area contributed by atoms with Crippen LogP contribution in [0.1, 0.15) is 5.82 Å². The minimum atomic E-state index is -3.68. The molecule has 0 atom stereocenters. The number of aromatic nitrogens is 2. The number of aromatic amines is 1. The first-order chi connectivity index (χ1) is 7.95. The van der Waals surface area contributed by atoms with Gasteiger partial charge >= 0.3 is 0 Å². The SMILES string of the molecule is NC(N)=NCc1ncc(S(=O)(=O)NCCO)[nH]1. The summed E-state index contributed by atoms with van der Waals surface area (Å²) in [6.07, 6.45) is 1.15. The fraction of sp³-hybridized carbons (Fsp3) is 0.429. The summed E-state index contributed by atoms with van der Waals surface area (Å²) in [6, 6.07) is 0. The maximum Gasteiger partial charge on any atom is 0.257 e. The third-order valence-electron chi connectivity index (χ3n) is 1.71. The van der Waals surface area contributed by atoms with Gasteiger partial charge < -0.3 is 21.6 Å². The van der Waals surface area contributed by atoms with E-state index in [1.165, 1.54) is 0 Å². The molecule has 0 fully saturated rings. The van der Waals surface area contributed by atoms with Crippen molar-refractivity contribution in [1.82, 2.24) is 14.7 Å². The second kappa shape index (κ2) is 5.61. The molecule has 9 nitrogen and oxygen atoms in total. The zero-order valence-electron chi connectivity index (χ0n) is 8.92. The molecule has 0 radical (unpaired) electrons. The molecule has 0 aliphatic carbocycles. The van der Waals surface area contributed by atoms with Gasteiger partial charge in [0.25, 0.3) is 10.0 Å². The first-order valence-corrected chi connectivity index (χ1v) is 6.14. The molecule has 0 amide bonds. The van der Waals surface area contributed by atoms with Crippen LogP contribution in [0.3, 0.4) is 0 Å². The summed E-state index contributed by atoms with van der Waals surface area (Å²) in [5, 5.41) is 8.42. The Kier molecular flexibility index (Phi) is 4.43. The number of aliphatic imine (C=N–C) groups is 1. The average Bonchev–Trinajstić information content (AvgIpc) is 2.73. The van der Waals surface area contributed by atoms with E-state index in [0.717, 1.165) is 6.20 Å². The van der Waals surface area contributed by atoms with Crippen molar-refractivity contribution in [3.63, 3.8) is 0 Å². The Morgan fingerprint density at radius 1 is 1.59 bits per heavy atom. The summed E-state index contributed by atoms with van der Waals surface area (Å²) >= 11 is 0. The molecule has 17 heavy (non-hydrogen) atoms. The lowest BCUT2D eigenvalue weighted by molar-refractivity contribution is 0.301. The molecule has 0 aliphatic rings. The van der Waals surface area contributed by atoms with Crippen LogP contribution in [0.5, 0.6) is 0 Å². The van der Waals surface area contributed by atoms with Crippen molar-refractivity contribution in [2.24, 2.45) is 16.5 Å². The highest BCUT2D eigenvalue weighted by Crippen LogP contribution is 2.05. The topological polar surface area (TPSA) is 159 Å². The van der Waals surface area contributed by atoms with E-state index in [1.807, 2.05) is 0 Å². The molecule has 0 saturated carbocycles. The predicted octanol–water partition coefficient (Wildman–Crippen LogP) is -2.55. The van der Waals surface area contributed by atoms with Crippen LogP contribution in [0.25, 0.3) is 0 Å². The summed E-state index contributed by atoms with van der Waals surface area (Å²) < 4.78 is 25.3. The maximum atomic E-state index is 11.6. The largest absolute Gasteiger partial charge is 0.395 e. The number of H-pyrrole nitrogens is 1. The van der Waals surface area contributed by atoms with Gasteiger partial charge in [-0.1, -0.05) is 0 Å². The number of nitrogens with one attached hydrogen (secondary N) is 2. The van der Waals surface area contributed by atoms with E-state index < -0.39 is 10.0 Å². The number of sulfonamides is 1. The van der Waals surface area contributed by atoms with E-state index in [2.05, 4.69) is 19.7 Å². The number of guanidine groups is 1. The molecule has 0 aromatic carbocycles. The van der Waals surface area contributed by atoms with E-state index in [0.29, 0.717) is 5.82 Å². The number of rotatable bonds is 6. The number of nitrogens with zero attached hydrogens (tertiary/aromatic N) is 2. The highest BCUT2D eigenvalue weighted by atomic mass is 32.2. The summed E-state index contributed by atoms with van der Waals surface area (Å²) in [5.74, 6) is 0.215. The van der Waals surface area contributed by atoms with Gasteiger partial charge in [0.05, 0.1) is 12.8 Å². The van der Waals surface area contributed by atoms with Crippen molar-refractivity contribution >= 4 is 16.0 Å². The van der Waals surface area contributed by atoms with Crippen LogP contribution in [0, 0.1) is 0 Å². The highest BCUT2D eigenvalue weighted by Gasteiger charge is 2.16. The fourth-order valence-corrected chi connectivity index (χ4v) is 1.94. The van der Waals surface area contributed by atoms with Gasteiger partial charge in [0.1, 0.15) is 12.4 Å². The van der Waals surface area contributed by atoms with Gasteiger partial charge in [0.15, 0.2) is 11.0 Å². The number of nitrogens with two attached hydrogens (primary N) is 2. The summed E-state index contributed by atoms with van der Waals surface area (Å²) in [7, 11) is -3.68. The van der Waals surface area contributed by atoms with Crippen LogP contribution in [0.15, 0.2) is 16.2 Å². The van der Waals surface area contributed by atoms with E-state index in [1.54, 1.807) is 0 Å². The first-order valence-electron chi connectivity index (χ1n) is 4.65. The van der Waals surface area contributed by atoms with Gasteiger partial charge in [-0.25, -0.2) is 23.1 Å². The molecule has 0 spiro atoms. The van der Waals surface area contributed by atoms with E-state index in [-0.39, 0.29) is 30.7 Å². The van der Waals surface area contributed by atoms with Crippen LogP contribution in [-0.2, 0) is 16.6 Å². The van der Waals surface area contributed by atoms with Crippen molar-refractivity contribution in [1.29, 1.82) is 0 Å². The zero-order valence-corrected chi connectivity index (χ0v) is 9.74. The van der Waals surface area contributed by atoms with Crippen LogP contribution in [-0.4, -0.2) is 42.6 Å². The van der Waals surface area contributed by atoms with Gasteiger partial charge in [0.2, 0.25) is 0 Å². The number of aliphatic hydroxyl groups excluding tert-OH is 1. The van der Waals surface area contributed by atoms with Gasteiger partial charge in [0, 0.05) is 6.54 Å².